The molecule has 1 rings (SSSR count). The van der Waals surface area contributed by atoms with Gasteiger partial charge in [0, 0.05) is 25.1 Å². The Morgan fingerprint density at radius 2 is 1.71 bits per heavy atom. The van der Waals surface area contributed by atoms with E-state index < -0.39 is 0 Å². The zero-order valence-corrected chi connectivity index (χ0v) is 9.63. The van der Waals surface area contributed by atoms with Gasteiger partial charge in [0.05, 0.1) is 0 Å². The van der Waals surface area contributed by atoms with Crippen LogP contribution in [0.4, 0.5) is 4.39 Å². The molecule has 92 valence electrons. The maximum Gasteiger partial charge on any atom is 0.251 e. The van der Waals surface area contributed by atoms with Crippen molar-refractivity contribution in [3.05, 3.63) is 35.6 Å². The average molecular weight is 238 g/mol. The lowest BCUT2D eigenvalue weighted by molar-refractivity contribution is -0.120. The summed E-state index contributed by atoms with van der Waals surface area (Å²) >= 11 is 0. The van der Waals surface area contributed by atoms with Crippen LogP contribution in [0.3, 0.4) is 0 Å². The molecule has 0 bridgehead atoms. The van der Waals surface area contributed by atoms with E-state index in [4.69, 9.17) is 0 Å². The second-order valence-corrected chi connectivity index (χ2v) is 3.47. The summed E-state index contributed by atoms with van der Waals surface area (Å²) < 4.78 is 12.6. The minimum atomic E-state index is -0.378. The summed E-state index contributed by atoms with van der Waals surface area (Å²) in [5.74, 6) is -0.714. The van der Waals surface area contributed by atoms with Gasteiger partial charge >= 0.3 is 0 Å². The number of benzene rings is 1. The van der Waals surface area contributed by atoms with Gasteiger partial charge in [-0.25, -0.2) is 4.39 Å². The normalized spacial score (nSPS) is 9.76. The Balaban J connectivity index is 2.30. The third kappa shape index (κ3) is 4.63. The number of rotatable bonds is 5. The Morgan fingerprint density at radius 3 is 2.29 bits per heavy atom. The molecule has 0 aromatic heterocycles. The monoisotopic (exact) mass is 238 g/mol. The second-order valence-electron chi connectivity index (χ2n) is 3.47. The van der Waals surface area contributed by atoms with E-state index in [-0.39, 0.29) is 17.6 Å². The molecular formula is C12H15FN2O2. The summed E-state index contributed by atoms with van der Waals surface area (Å²) in [7, 11) is 0. The summed E-state index contributed by atoms with van der Waals surface area (Å²) in [5, 5.41) is 5.26. The van der Waals surface area contributed by atoms with E-state index in [0.29, 0.717) is 25.1 Å². The molecule has 1 aromatic rings. The lowest BCUT2D eigenvalue weighted by Gasteiger charge is -2.06. The molecule has 2 N–H and O–H groups in total. The molecule has 0 aliphatic carbocycles. The smallest absolute Gasteiger partial charge is 0.251 e. The highest BCUT2D eigenvalue weighted by atomic mass is 19.1. The third-order valence-electron chi connectivity index (χ3n) is 2.16. The summed E-state index contributed by atoms with van der Waals surface area (Å²) in [6, 6.07) is 5.28. The fraction of sp³-hybridized carbons (Fsp3) is 0.333. The SMILES string of the molecule is CCC(=O)NCCNC(=O)c1ccc(F)cc1. The molecule has 5 heteroatoms. The predicted octanol–water partition coefficient (Wildman–Crippen LogP) is 1.08. The van der Waals surface area contributed by atoms with Crippen molar-refractivity contribution in [1.82, 2.24) is 10.6 Å². The Morgan fingerprint density at radius 1 is 1.12 bits per heavy atom. The van der Waals surface area contributed by atoms with Gasteiger partial charge in [0.25, 0.3) is 5.91 Å². The molecule has 17 heavy (non-hydrogen) atoms. The molecule has 0 unspecified atom stereocenters. The molecule has 0 aliphatic rings. The maximum absolute atomic E-state index is 12.6. The van der Waals surface area contributed by atoms with Gasteiger partial charge in [0.2, 0.25) is 5.91 Å². The number of carbonyl (C=O) groups excluding carboxylic acids is 2. The fourth-order valence-electron chi connectivity index (χ4n) is 1.21. The molecule has 1 aromatic carbocycles. The van der Waals surface area contributed by atoms with Gasteiger partial charge in [-0.05, 0) is 24.3 Å². The predicted molar refractivity (Wildman–Crippen MR) is 62.0 cm³/mol. The summed E-state index contributed by atoms with van der Waals surface area (Å²) in [4.78, 5) is 22.4. The Kier molecular flexibility index (Phi) is 5.13. The van der Waals surface area contributed by atoms with E-state index in [1.807, 2.05) is 0 Å². The molecule has 4 nitrogen and oxygen atoms in total. The molecule has 0 atom stereocenters. The lowest BCUT2D eigenvalue weighted by Crippen LogP contribution is -2.34. The van der Waals surface area contributed by atoms with E-state index in [9.17, 15) is 14.0 Å². The maximum atomic E-state index is 12.6. The fourth-order valence-corrected chi connectivity index (χ4v) is 1.21. The standard InChI is InChI=1S/C12H15FN2O2/c1-2-11(16)14-7-8-15-12(17)9-3-5-10(13)6-4-9/h3-6H,2,7-8H2,1H3,(H,14,16)(H,15,17). The Bertz CT molecular complexity index is 390. The zero-order chi connectivity index (χ0) is 12.7. The first-order valence-corrected chi connectivity index (χ1v) is 5.44. The molecule has 0 fully saturated rings. The van der Waals surface area contributed by atoms with Crippen molar-refractivity contribution in [2.75, 3.05) is 13.1 Å². The molecule has 2 amide bonds. The van der Waals surface area contributed by atoms with Crippen LogP contribution in [0.1, 0.15) is 23.7 Å². The summed E-state index contributed by atoms with van der Waals surface area (Å²) in [5.41, 5.74) is 0.396. The lowest BCUT2D eigenvalue weighted by atomic mass is 10.2. The quantitative estimate of drug-likeness (QED) is 0.754. The zero-order valence-electron chi connectivity index (χ0n) is 9.63. The molecule has 0 saturated carbocycles. The minimum Gasteiger partial charge on any atom is -0.354 e. The first kappa shape index (κ1) is 13.2. The van der Waals surface area contributed by atoms with Crippen LogP contribution >= 0.6 is 0 Å². The van der Waals surface area contributed by atoms with Crippen molar-refractivity contribution < 1.29 is 14.0 Å². The van der Waals surface area contributed by atoms with Gasteiger partial charge in [-0.15, -0.1) is 0 Å². The number of hydrogen-bond donors (Lipinski definition) is 2. The van der Waals surface area contributed by atoms with Gasteiger partial charge < -0.3 is 10.6 Å². The van der Waals surface area contributed by atoms with E-state index in [1.54, 1.807) is 6.92 Å². The highest BCUT2D eigenvalue weighted by Gasteiger charge is 2.04. The highest BCUT2D eigenvalue weighted by Crippen LogP contribution is 2.01. The first-order chi connectivity index (χ1) is 8.13. The van der Waals surface area contributed by atoms with Crippen LogP contribution in [0.2, 0.25) is 0 Å². The summed E-state index contributed by atoms with van der Waals surface area (Å²) in [6.07, 6.45) is 0.423. The van der Waals surface area contributed by atoms with Gasteiger partial charge in [-0.3, -0.25) is 9.59 Å². The summed E-state index contributed by atoms with van der Waals surface area (Å²) in [6.45, 7) is 2.49. The van der Waals surface area contributed by atoms with Crippen molar-refractivity contribution >= 4 is 11.8 Å². The van der Waals surface area contributed by atoms with Crippen LogP contribution in [-0.4, -0.2) is 24.9 Å². The van der Waals surface area contributed by atoms with Crippen LogP contribution in [0.15, 0.2) is 24.3 Å². The van der Waals surface area contributed by atoms with E-state index in [2.05, 4.69) is 10.6 Å². The van der Waals surface area contributed by atoms with Gasteiger partial charge in [0.1, 0.15) is 5.82 Å². The van der Waals surface area contributed by atoms with Crippen molar-refractivity contribution in [2.24, 2.45) is 0 Å². The number of amides is 2. The van der Waals surface area contributed by atoms with Crippen molar-refractivity contribution in [1.29, 1.82) is 0 Å². The van der Waals surface area contributed by atoms with Crippen molar-refractivity contribution in [3.8, 4) is 0 Å². The number of hydrogen-bond acceptors (Lipinski definition) is 2. The molecule has 0 saturated heterocycles. The van der Waals surface area contributed by atoms with Gasteiger partial charge in [0.15, 0.2) is 0 Å². The van der Waals surface area contributed by atoms with Crippen molar-refractivity contribution in [3.63, 3.8) is 0 Å². The third-order valence-corrected chi connectivity index (χ3v) is 2.16. The van der Waals surface area contributed by atoms with E-state index >= 15 is 0 Å². The topological polar surface area (TPSA) is 58.2 Å². The Hall–Kier alpha value is -1.91. The average Bonchev–Trinajstić information content (AvgIpc) is 2.34. The molecular weight excluding hydrogens is 223 g/mol. The van der Waals surface area contributed by atoms with Gasteiger partial charge in [-0.1, -0.05) is 6.92 Å². The molecule has 0 spiro atoms. The Labute approximate surface area is 99.2 Å². The molecule has 0 radical (unpaired) electrons. The second kappa shape index (κ2) is 6.62. The molecule has 0 heterocycles. The largest absolute Gasteiger partial charge is 0.354 e. The van der Waals surface area contributed by atoms with Crippen LogP contribution in [0, 0.1) is 5.82 Å². The number of carbonyl (C=O) groups is 2. The minimum absolute atomic E-state index is 0.0546. The van der Waals surface area contributed by atoms with Gasteiger partial charge in [-0.2, -0.15) is 0 Å². The van der Waals surface area contributed by atoms with E-state index in [1.165, 1.54) is 24.3 Å². The highest BCUT2D eigenvalue weighted by molar-refractivity contribution is 5.94. The van der Waals surface area contributed by atoms with Crippen LogP contribution in [-0.2, 0) is 4.79 Å². The van der Waals surface area contributed by atoms with E-state index in [0.717, 1.165) is 0 Å². The molecule has 0 aliphatic heterocycles. The number of nitrogens with one attached hydrogen (secondary N) is 2. The van der Waals surface area contributed by atoms with Crippen LogP contribution in [0.25, 0.3) is 0 Å². The number of halogens is 1. The van der Waals surface area contributed by atoms with Crippen LogP contribution in [0.5, 0.6) is 0 Å². The first-order valence-electron chi connectivity index (χ1n) is 5.44. The van der Waals surface area contributed by atoms with Crippen molar-refractivity contribution in [2.45, 2.75) is 13.3 Å². The van der Waals surface area contributed by atoms with Crippen LogP contribution < -0.4 is 10.6 Å².